The van der Waals surface area contributed by atoms with Crippen molar-refractivity contribution >= 4 is 39.1 Å². The van der Waals surface area contributed by atoms with Crippen molar-refractivity contribution in [1.82, 2.24) is 9.21 Å². The number of Topliss-reactive ketones (excluding diaryl/α,β-unsaturated/α-hetero) is 1. The van der Waals surface area contributed by atoms with Crippen molar-refractivity contribution in [3.05, 3.63) is 65.2 Å². The van der Waals surface area contributed by atoms with Gasteiger partial charge in [-0.25, -0.2) is 12.7 Å². The molecule has 2 heterocycles. The quantitative estimate of drug-likeness (QED) is 0.258. The molecule has 2 aliphatic heterocycles. The fraction of sp³-hybridized carbons (Fsp3) is 0.320. The summed E-state index contributed by atoms with van der Waals surface area (Å²) in [5.41, 5.74) is -1.42. The van der Waals surface area contributed by atoms with Crippen LogP contribution >= 0.6 is 0 Å². The highest BCUT2D eigenvalue weighted by atomic mass is 32.2. The lowest BCUT2D eigenvalue weighted by Gasteiger charge is -2.34. The van der Waals surface area contributed by atoms with Gasteiger partial charge in [0.25, 0.3) is 17.6 Å². The van der Waals surface area contributed by atoms with E-state index in [1.165, 1.54) is 62.3 Å². The van der Waals surface area contributed by atoms with E-state index < -0.39 is 44.5 Å². The first kappa shape index (κ1) is 25.5. The first-order chi connectivity index (χ1) is 17.0. The summed E-state index contributed by atoms with van der Waals surface area (Å²) < 4.78 is 31.5. The molecule has 2 amide bonds. The molecule has 4 rings (SSSR count). The fourth-order valence-electron chi connectivity index (χ4n) is 4.80. The van der Waals surface area contributed by atoms with Crippen LogP contribution in [0.1, 0.15) is 17.5 Å². The third kappa shape index (κ3) is 3.54. The Labute approximate surface area is 209 Å². The summed E-state index contributed by atoms with van der Waals surface area (Å²) in [6.07, 6.45) is 0.348. The van der Waals surface area contributed by atoms with Crippen LogP contribution in [0.15, 0.2) is 59.0 Å². The highest BCUT2D eigenvalue weighted by molar-refractivity contribution is 7.89. The van der Waals surface area contributed by atoms with Crippen molar-refractivity contribution in [2.75, 3.05) is 46.3 Å². The van der Waals surface area contributed by atoms with Gasteiger partial charge >= 0.3 is 0 Å². The standard InChI is InChI=1S/C25H27N3O7S/c1-26(2)36(33,34)17-10-7-9-16(15-17)21(29)20-22(30)23(31)28(13-8-14-35-4)25(20)18-11-5-6-12-19(18)27(3)24(25)32/h5-7,9-12,15,29H,8,13-14H2,1-4H3/t25-/m0/s1. The molecule has 1 atom stereocenters. The van der Waals surface area contributed by atoms with Gasteiger partial charge in [-0.1, -0.05) is 30.3 Å². The van der Waals surface area contributed by atoms with Gasteiger partial charge < -0.3 is 19.6 Å². The molecule has 0 saturated carbocycles. The van der Waals surface area contributed by atoms with E-state index in [1.807, 2.05) is 0 Å². The number of methoxy groups -OCH3 is 1. The number of hydrogen-bond donors (Lipinski definition) is 1. The Balaban J connectivity index is 2.01. The van der Waals surface area contributed by atoms with E-state index in [4.69, 9.17) is 4.74 Å². The molecule has 1 fully saturated rings. The number of amides is 2. The minimum Gasteiger partial charge on any atom is -0.507 e. The third-order valence-electron chi connectivity index (χ3n) is 6.56. The number of anilines is 1. The summed E-state index contributed by atoms with van der Waals surface area (Å²) in [6, 6.07) is 12.2. The molecule has 2 aromatic carbocycles. The number of carbonyl (C=O) groups excluding carboxylic acids is 3. The van der Waals surface area contributed by atoms with Crippen LogP contribution in [0.3, 0.4) is 0 Å². The zero-order valence-corrected chi connectivity index (χ0v) is 21.2. The number of rotatable bonds is 7. The second kappa shape index (κ2) is 9.16. The number of benzene rings is 2. The third-order valence-corrected chi connectivity index (χ3v) is 8.37. The Hall–Kier alpha value is -3.54. The number of aliphatic hydroxyl groups is 1. The summed E-state index contributed by atoms with van der Waals surface area (Å²) in [6.45, 7) is 0.313. The summed E-state index contributed by atoms with van der Waals surface area (Å²) >= 11 is 0. The van der Waals surface area contributed by atoms with E-state index in [0.29, 0.717) is 17.7 Å². The molecule has 1 spiro atoms. The number of ketones is 1. The largest absolute Gasteiger partial charge is 0.507 e. The van der Waals surface area contributed by atoms with Crippen LogP contribution < -0.4 is 4.90 Å². The Bertz CT molecular complexity index is 1400. The van der Waals surface area contributed by atoms with Crippen molar-refractivity contribution in [3.63, 3.8) is 0 Å². The lowest BCUT2D eigenvalue weighted by Crippen LogP contribution is -2.51. The van der Waals surface area contributed by atoms with Crippen LogP contribution in [0.25, 0.3) is 5.76 Å². The Morgan fingerprint density at radius 2 is 1.78 bits per heavy atom. The molecule has 0 bridgehead atoms. The van der Waals surface area contributed by atoms with E-state index in [0.717, 1.165) is 4.31 Å². The van der Waals surface area contributed by atoms with Gasteiger partial charge in [-0.15, -0.1) is 0 Å². The van der Waals surface area contributed by atoms with Crippen LogP contribution in [-0.2, 0) is 34.7 Å². The highest BCUT2D eigenvalue weighted by Crippen LogP contribution is 2.53. The zero-order chi connectivity index (χ0) is 26.4. The molecule has 0 aromatic heterocycles. The smallest absolute Gasteiger partial charge is 0.296 e. The van der Waals surface area contributed by atoms with Crippen molar-refractivity contribution in [2.45, 2.75) is 16.9 Å². The molecule has 2 aliphatic rings. The molecule has 0 aliphatic carbocycles. The molecule has 190 valence electrons. The van der Waals surface area contributed by atoms with Crippen LogP contribution in [0.5, 0.6) is 0 Å². The molecule has 0 unspecified atom stereocenters. The van der Waals surface area contributed by atoms with Crippen LogP contribution in [0.4, 0.5) is 5.69 Å². The van der Waals surface area contributed by atoms with E-state index in [-0.39, 0.29) is 23.6 Å². The number of likely N-dealkylation sites (tertiary alicyclic amines) is 1. The van der Waals surface area contributed by atoms with Crippen molar-refractivity contribution < 1.29 is 32.6 Å². The first-order valence-corrected chi connectivity index (χ1v) is 12.6. The SMILES string of the molecule is COCCCN1C(=O)C(=O)C(=C(O)c2cccc(S(=O)(=O)N(C)C)c2)[C@@]12C(=O)N(C)c1ccccc12. The summed E-state index contributed by atoms with van der Waals surface area (Å²) in [5, 5.41) is 11.5. The number of hydrogen-bond acceptors (Lipinski definition) is 7. The van der Waals surface area contributed by atoms with Gasteiger partial charge in [-0.05, 0) is 24.6 Å². The van der Waals surface area contributed by atoms with Crippen LogP contribution in [0.2, 0.25) is 0 Å². The van der Waals surface area contributed by atoms with Gasteiger partial charge in [0.05, 0.1) is 10.5 Å². The Kier molecular flexibility index (Phi) is 6.50. The molecule has 2 aromatic rings. The van der Waals surface area contributed by atoms with Crippen LogP contribution in [-0.4, -0.2) is 81.7 Å². The lowest BCUT2D eigenvalue weighted by molar-refractivity contribution is -0.143. The molecular weight excluding hydrogens is 486 g/mol. The minimum absolute atomic E-state index is 0.00738. The molecule has 36 heavy (non-hydrogen) atoms. The first-order valence-electron chi connectivity index (χ1n) is 11.2. The monoisotopic (exact) mass is 513 g/mol. The molecular formula is C25H27N3O7S. The summed E-state index contributed by atoms with van der Waals surface area (Å²) in [7, 11) is 1.93. The predicted octanol–water partition coefficient (Wildman–Crippen LogP) is 1.53. The molecule has 0 radical (unpaired) electrons. The van der Waals surface area contributed by atoms with Gasteiger partial charge in [-0.2, -0.15) is 0 Å². The normalized spacial score (nSPS) is 21.2. The van der Waals surface area contributed by atoms with Gasteiger partial charge in [0.15, 0.2) is 5.54 Å². The molecule has 11 heteroatoms. The van der Waals surface area contributed by atoms with Crippen molar-refractivity contribution in [3.8, 4) is 0 Å². The van der Waals surface area contributed by atoms with Gasteiger partial charge in [0, 0.05) is 58.2 Å². The number of para-hydroxylation sites is 1. The summed E-state index contributed by atoms with van der Waals surface area (Å²) in [5.74, 6) is -3.15. The second-order valence-electron chi connectivity index (χ2n) is 8.76. The predicted molar refractivity (Wildman–Crippen MR) is 132 cm³/mol. The van der Waals surface area contributed by atoms with E-state index in [2.05, 4.69) is 0 Å². The second-order valence-corrected chi connectivity index (χ2v) is 10.9. The fourth-order valence-corrected chi connectivity index (χ4v) is 5.75. The average Bonchev–Trinajstić information content (AvgIpc) is 3.22. The lowest BCUT2D eigenvalue weighted by atomic mass is 9.82. The molecule has 1 saturated heterocycles. The Morgan fingerprint density at radius 3 is 2.44 bits per heavy atom. The number of carbonyl (C=O) groups is 3. The molecule has 10 nitrogen and oxygen atoms in total. The number of aliphatic hydroxyl groups excluding tert-OH is 1. The van der Waals surface area contributed by atoms with E-state index >= 15 is 0 Å². The van der Waals surface area contributed by atoms with Gasteiger partial charge in [0.1, 0.15) is 5.76 Å². The maximum Gasteiger partial charge on any atom is 0.296 e. The van der Waals surface area contributed by atoms with Crippen molar-refractivity contribution in [2.24, 2.45) is 0 Å². The number of nitrogens with zero attached hydrogens (tertiary/aromatic N) is 3. The van der Waals surface area contributed by atoms with Crippen molar-refractivity contribution in [1.29, 1.82) is 0 Å². The number of sulfonamides is 1. The highest BCUT2D eigenvalue weighted by Gasteiger charge is 2.66. The van der Waals surface area contributed by atoms with Gasteiger partial charge in [-0.3, -0.25) is 14.4 Å². The summed E-state index contributed by atoms with van der Waals surface area (Å²) in [4.78, 5) is 43.0. The Morgan fingerprint density at radius 1 is 1.08 bits per heavy atom. The zero-order valence-electron chi connectivity index (χ0n) is 20.4. The van der Waals surface area contributed by atoms with Crippen LogP contribution in [0, 0.1) is 0 Å². The maximum absolute atomic E-state index is 13.9. The number of likely N-dealkylation sites (N-methyl/N-ethyl adjacent to an activating group) is 1. The van der Waals surface area contributed by atoms with Gasteiger partial charge in [0.2, 0.25) is 10.0 Å². The maximum atomic E-state index is 13.9. The topological polar surface area (TPSA) is 125 Å². The minimum atomic E-state index is -3.85. The van der Waals surface area contributed by atoms with E-state index in [9.17, 15) is 27.9 Å². The number of ether oxygens (including phenoxy) is 1. The van der Waals surface area contributed by atoms with E-state index in [1.54, 1.807) is 24.3 Å². The average molecular weight is 514 g/mol. The molecule has 1 N–H and O–H groups in total. The number of fused-ring (bicyclic) bond motifs is 2.